The summed E-state index contributed by atoms with van der Waals surface area (Å²) in [7, 11) is 0. The molecule has 0 fully saturated rings. The molecule has 19 heavy (non-hydrogen) atoms. The summed E-state index contributed by atoms with van der Waals surface area (Å²) in [6.45, 7) is 3.90. The highest BCUT2D eigenvalue weighted by molar-refractivity contribution is 5.64. The van der Waals surface area contributed by atoms with Gasteiger partial charge < -0.3 is 11.1 Å². The smallest absolute Gasteiger partial charge is 0.139 e. The zero-order valence-electron chi connectivity index (χ0n) is 11.1. The minimum absolute atomic E-state index is 0.276. The summed E-state index contributed by atoms with van der Waals surface area (Å²) in [6.07, 6.45) is 3.13. The lowest BCUT2D eigenvalue weighted by atomic mass is 10.1. The average Bonchev–Trinajstić information content (AvgIpc) is 2.32. The number of aromatic nitrogens is 2. The van der Waals surface area contributed by atoms with Gasteiger partial charge in [-0.05, 0) is 37.1 Å². The van der Waals surface area contributed by atoms with Crippen molar-refractivity contribution < 1.29 is 4.39 Å². The van der Waals surface area contributed by atoms with Gasteiger partial charge in [0.25, 0.3) is 0 Å². The first-order chi connectivity index (χ1) is 9.10. The second-order valence-electron chi connectivity index (χ2n) is 4.48. The number of nitrogens with two attached hydrogens (primary N) is 1. The fourth-order valence-corrected chi connectivity index (χ4v) is 1.98. The van der Waals surface area contributed by atoms with Gasteiger partial charge in [-0.2, -0.15) is 0 Å². The van der Waals surface area contributed by atoms with Crippen molar-refractivity contribution in [3.63, 3.8) is 0 Å². The van der Waals surface area contributed by atoms with Gasteiger partial charge in [-0.3, -0.25) is 0 Å². The summed E-state index contributed by atoms with van der Waals surface area (Å²) in [6, 6.07) is 4.77. The Morgan fingerprint density at radius 1 is 1.26 bits per heavy atom. The van der Waals surface area contributed by atoms with Gasteiger partial charge in [0.05, 0.1) is 0 Å². The zero-order valence-corrected chi connectivity index (χ0v) is 11.1. The van der Waals surface area contributed by atoms with Crippen molar-refractivity contribution >= 4 is 17.3 Å². The van der Waals surface area contributed by atoms with E-state index in [9.17, 15) is 4.39 Å². The van der Waals surface area contributed by atoms with Crippen molar-refractivity contribution in [1.29, 1.82) is 0 Å². The lowest BCUT2D eigenvalue weighted by molar-refractivity contribution is 0.627. The predicted octanol–water partition coefficient (Wildman–Crippen LogP) is 3.20. The SMILES string of the molecule is CCCc1c(N)ncnc1Nc1cc(C)cc(F)c1. The summed E-state index contributed by atoms with van der Waals surface area (Å²) < 4.78 is 13.4. The lowest BCUT2D eigenvalue weighted by Gasteiger charge is -2.12. The van der Waals surface area contributed by atoms with E-state index in [2.05, 4.69) is 22.2 Å². The van der Waals surface area contributed by atoms with Crippen molar-refractivity contribution in [3.05, 3.63) is 41.5 Å². The molecule has 1 aromatic carbocycles. The van der Waals surface area contributed by atoms with Crippen LogP contribution in [0.1, 0.15) is 24.5 Å². The van der Waals surface area contributed by atoms with E-state index in [1.54, 1.807) is 0 Å². The van der Waals surface area contributed by atoms with Crippen LogP contribution < -0.4 is 11.1 Å². The molecule has 0 aliphatic carbocycles. The van der Waals surface area contributed by atoms with Crippen LogP contribution >= 0.6 is 0 Å². The molecule has 0 atom stereocenters. The molecule has 100 valence electrons. The number of aryl methyl sites for hydroxylation is 1. The Balaban J connectivity index is 2.34. The van der Waals surface area contributed by atoms with E-state index in [0.29, 0.717) is 17.3 Å². The number of nitrogen functional groups attached to an aromatic ring is 1. The Kier molecular flexibility index (Phi) is 3.94. The Bertz CT molecular complexity index is 563. The first-order valence-corrected chi connectivity index (χ1v) is 6.23. The standard InChI is InChI=1S/C14H17FN4/c1-3-4-12-13(16)17-8-18-14(12)19-11-6-9(2)5-10(15)7-11/h5-8H,3-4H2,1-2H3,(H3,16,17,18,19). The van der Waals surface area contributed by atoms with E-state index in [-0.39, 0.29) is 5.82 Å². The number of anilines is 3. The molecule has 5 heteroatoms. The normalized spacial score (nSPS) is 10.5. The molecular weight excluding hydrogens is 243 g/mol. The first-order valence-electron chi connectivity index (χ1n) is 6.23. The van der Waals surface area contributed by atoms with E-state index >= 15 is 0 Å². The van der Waals surface area contributed by atoms with Crippen LogP contribution in [0.4, 0.5) is 21.7 Å². The molecule has 0 unspecified atom stereocenters. The molecule has 0 aliphatic rings. The molecule has 3 N–H and O–H groups in total. The Labute approximate surface area is 111 Å². The number of nitrogens with one attached hydrogen (secondary N) is 1. The van der Waals surface area contributed by atoms with Gasteiger partial charge in [0.15, 0.2) is 0 Å². The van der Waals surface area contributed by atoms with Crippen molar-refractivity contribution in [2.75, 3.05) is 11.1 Å². The number of nitrogens with zero attached hydrogens (tertiary/aromatic N) is 2. The quantitative estimate of drug-likeness (QED) is 0.886. The highest BCUT2D eigenvalue weighted by Gasteiger charge is 2.09. The molecule has 0 aliphatic heterocycles. The fraction of sp³-hybridized carbons (Fsp3) is 0.286. The second kappa shape index (κ2) is 5.65. The van der Waals surface area contributed by atoms with E-state index < -0.39 is 0 Å². The van der Waals surface area contributed by atoms with E-state index in [1.165, 1.54) is 18.5 Å². The van der Waals surface area contributed by atoms with Crippen LogP contribution in [0.3, 0.4) is 0 Å². The molecule has 0 amide bonds. The van der Waals surface area contributed by atoms with Crippen molar-refractivity contribution in [2.45, 2.75) is 26.7 Å². The Morgan fingerprint density at radius 2 is 2.05 bits per heavy atom. The van der Waals surface area contributed by atoms with Gasteiger partial charge in [-0.1, -0.05) is 13.3 Å². The summed E-state index contributed by atoms with van der Waals surface area (Å²) in [4.78, 5) is 8.18. The number of rotatable bonds is 4. The molecule has 0 radical (unpaired) electrons. The molecular formula is C14H17FN4. The highest BCUT2D eigenvalue weighted by Crippen LogP contribution is 2.24. The Morgan fingerprint density at radius 3 is 2.74 bits per heavy atom. The summed E-state index contributed by atoms with van der Waals surface area (Å²) >= 11 is 0. The highest BCUT2D eigenvalue weighted by atomic mass is 19.1. The predicted molar refractivity (Wildman–Crippen MR) is 74.9 cm³/mol. The average molecular weight is 260 g/mol. The van der Waals surface area contributed by atoms with Crippen LogP contribution in [0.5, 0.6) is 0 Å². The van der Waals surface area contributed by atoms with E-state index in [4.69, 9.17) is 5.73 Å². The molecule has 0 spiro atoms. The van der Waals surface area contributed by atoms with Crippen LogP contribution in [-0.4, -0.2) is 9.97 Å². The molecule has 4 nitrogen and oxygen atoms in total. The third-order valence-corrected chi connectivity index (χ3v) is 2.78. The van der Waals surface area contributed by atoms with Gasteiger partial charge in [-0.25, -0.2) is 14.4 Å². The minimum atomic E-state index is -0.276. The third kappa shape index (κ3) is 3.19. The van der Waals surface area contributed by atoms with Gasteiger partial charge in [0, 0.05) is 11.3 Å². The maximum absolute atomic E-state index is 13.4. The van der Waals surface area contributed by atoms with Gasteiger partial charge in [0.1, 0.15) is 23.8 Å². The Hall–Kier alpha value is -2.17. The zero-order chi connectivity index (χ0) is 13.8. The molecule has 0 saturated heterocycles. The second-order valence-corrected chi connectivity index (χ2v) is 4.48. The van der Waals surface area contributed by atoms with Crippen LogP contribution in [0, 0.1) is 12.7 Å². The van der Waals surface area contributed by atoms with Gasteiger partial charge in [-0.15, -0.1) is 0 Å². The maximum Gasteiger partial charge on any atom is 0.139 e. The minimum Gasteiger partial charge on any atom is -0.383 e. The van der Waals surface area contributed by atoms with E-state index in [1.807, 2.05) is 13.0 Å². The number of hydrogen-bond acceptors (Lipinski definition) is 4. The summed E-state index contributed by atoms with van der Waals surface area (Å²) in [5, 5.41) is 3.11. The third-order valence-electron chi connectivity index (χ3n) is 2.78. The van der Waals surface area contributed by atoms with Crippen molar-refractivity contribution in [1.82, 2.24) is 9.97 Å². The maximum atomic E-state index is 13.4. The van der Waals surface area contributed by atoms with Crippen LogP contribution in [-0.2, 0) is 6.42 Å². The number of halogens is 1. The molecule has 0 saturated carbocycles. The molecule has 1 aromatic heterocycles. The fourth-order valence-electron chi connectivity index (χ4n) is 1.98. The van der Waals surface area contributed by atoms with E-state index in [0.717, 1.165) is 24.0 Å². The lowest BCUT2D eigenvalue weighted by Crippen LogP contribution is -2.05. The van der Waals surface area contributed by atoms with Crippen LogP contribution in [0.2, 0.25) is 0 Å². The van der Waals surface area contributed by atoms with Gasteiger partial charge >= 0.3 is 0 Å². The molecule has 2 aromatic rings. The van der Waals surface area contributed by atoms with Crippen molar-refractivity contribution in [3.8, 4) is 0 Å². The molecule has 1 heterocycles. The first kappa shape index (κ1) is 13.3. The monoisotopic (exact) mass is 260 g/mol. The van der Waals surface area contributed by atoms with Gasteiger partial charge in [0.2, 0.25) is 0 Å². The largest absolute Gasteiger partial charge is 0.383 e. The van der Waals surface area contributed by atoms with Crippen LogP contribution in [0.15, 0.2) is 24.5 Å². The number of hydrogen-bond donors (Lipinski definition) is 2. The number of benzene rings is 1. The summed E-state index contributed by atoms with van der Waals surface area (Å²) in [5.41, 5.74) is 8.23. The molecule has 0 bridgehead atoms. The topological polar surface area (TPSA) is 63.8 Å². The van der Waals surface area contributed by atoms with Crippen molar-refractivity contribution in [2.24, 2.45) is 0 Å². The molecule has 2 rings (SSSR count). The van der Waals surface area contributed by atoms with Crippen LogP contribution in [0.25, 0.3) is 0 Å². The summed E-state index contributed by atoms with van der Waals surface area (Å²) in [5.74, 6) is 0.827.